The highest BCUT2D eigenvalue weighted by Gasteiger charge is 2.08. The van der Waals surface area contributed by atoms with Gasteiger partial charge in [-0.2, -0.15) is 5.10 Å². The van der Waals surface area contributed by atoms with Crippen molar-refractivity contribution in [2.24, 2.45) is 7.05 Å². The summed E-state index contributed by atoms with van der Waals surface area (Å²) in [5.41, 5.74) is 2.15. The summed E-state index contributed by atoms with van der Waals surface area (Å²) in [6, 6.07) is 6.63. The second kappa shape index (κ2) is 4.91. The molecule has 0 unspecified atom stereocenters. The number of nitrogens with one attached hydrogen (secondary N) is 1. The Labute approximate surface area is 105 Å². The van der Waals surface area contributed by atoms with Crippen molar-refractivity contribution in [1.29, 1.82) is 0 Å². The fraction of sp³-hybridized carbons (Fsp3) is 0.231. The van der Waals surface area contributed by atoms with Gasteiger partial charge in [0.2, 0.25) is 0 Å². The first-order chi connectivity index (χ1) is 8.58. The van der Waals surface area contributed by atoms with Crippen LogP contribution in [0, 0.1) is 6.92 Å². The summed E-state index contributed by atoms with van der Waals surface area (Å²) in [7, 11) is 1.83. The molecule has 2 aromatic rings. The Morgan fingerprint density at radius 2 is 2.22 bits per heavy atom. The first-order valence-corrected chi connectivity index (χ1v) is 5.62. The zero-order chi connectivity index (χ0) is 13.1. The molecular weight excluding hydrogens is 230 g/mol. The molecule has 0 radical (unpaired) electrons. The lowest BCUT2D eigenvalue weighted by molar-refractivity contribution is 0.0950. The molecule has 5 heteroatoms. The monoisotopic (exact) mass is 245 g/mol. The maximum Gasteiger partial charge on any atom is 0.251 e. The molecule has 0 aliphatic carbocycles. The minimum Gasteiger partial charge on any atom is -0.508 e. The predicted molar refractivity (Wildman–Crippen MR) is 67.2 cm³/mol. The van der Waals surface area contributed by atoms with Crippen LogP contribution in [0.4, 0.5) is 0 Å². The van der Waals surface area contributed by atoms with Gasteiger partial charge in [0.15, 0.2) is 0 Å². The number of hydrogen-bond acceptors (Lipinski definition) is 3. The zero-order valence-electron chi connectivity index (χ0n) is 10.3. The van der Waals surface area contributed by atoms with E-state index in [0.717, 1.165) is 5.69 Å². The molecule has 0 aliphatic heterocycles. The van der Waals surface area contributed by atoms with Crippen molar-refractivity contribution >= 4 is 5.91 Å². The van der Waals surface area contributed by atoms with E-state index < -0.39 is 0 Å². The van der Waals surface area contributed by atoms with Crippen molar-refractivity contribution in [3.63, 3.8) is 0 Å². The Hall–Kier alpha value is -2.30. The van der Waals surface area contributed by atoms with Crippen LogP contribution in [0.15, 0.2) is 30.5 Å². The summed E-state index contributed by atoms with van der Waals surface area (Å²) in [4.78, 5) is 11.9. The average Bonchev–Trinajstić information content (AvgIpc) is 2.75. The Balaban J connectivity index is 2.04. The Morgan fingerprint density at radius 1 is 1.44 bits per heavy atom. The number of carbonyl (C=O) groups excluding carboxylic acids is 1. The van der Waals surface area contributed by atoms with Gasteiger partial charge >= 0.3 is 0 Å². The van der Waals surface area contributed by atoms with Crippen LogP contribution in [-0.2, 0) is 13.6 Å². The number of hydrogen-bond donors (Lipinski definition) is 2. The number of rotatable bonds is 3. The van der Waals surface area contributed by atoms with E-state index in [0.29, 0.717) is 17.7 Å². The molecular formula is C13H15N3O2. The lowest BCUT2D eigenvalue weighted by Gasteiger charge is -2.07. The van der Waals surface area contributed by atoms with Crippen LogP contribution < -0.4 is 5.32 Å². The second-order valence-electron chi connectivity index (χ2n) is 4.13. The van der Waals surface area contributed by atoms with Crippen LogP contribution >= 0.6 is 0 Å². The molecule has 0 spiro atoms. The van der Waals surface area contributed by atoms with Crippen LogP contribution in [0.25, 0.3) is 0 Å². The van der Waals surface area contributed by atoms with Crippen molar-refractivity contribution in [3.05, 3.63) is 47.3 Å². The molecule has 0 atom stereocenters. The van der Waals surface area contributed by atoms with Crippen molar-refractivity contribution in [3.8, 4) is 5.75 Å². The van der Waals surface area contributed by atoms with Crippen LogP contribution in [0.1, 0.15) is 21.6 Å². The minimum atomic E-state index is -0.167. The molecule has 0 bridgehead atoms. The number of aryl methyl sites for hydroxylation is 2. The van der Waals surface area contributed by atoms with E-state index in [1.807, 2.05) is 13.1 Å². The van der Waals surface area contributed by atoms with E-state index in [4.69, 9.17) is 0 Å². The summed E-state index contributed by atoms with van der Waals surface area (Å²) in [6.45, 7) is 2.18. The number of amides is 1. The summed E-state index contributed by atoms with van der Waals surface area (Å²) in [6.07, 6.45) is 1.69. The van der Waals surface area contributed by atoms with Crippen LogP contribution in [0.3, 0.4) is 0 Å². The highest BCUT2D eigenvalue weighted by atomic mass is 16.3. The quantitative estimate of drug-likeness (QED) is 0.858. The maximum absolute atomic E-state index is 11.9. The van der Waals surface area contributed by atoms with Crippen LogP contribution in [-0.4, -0.2) is 20.8 Å². The number of benzene rings is 1. The van der Waals surface area contributed by atoms with Crippen LogP contribution in [0.5, 0.6) is 5.75 Å². The van der Waals surface area contributed by atoms with Gasteiger partial charge in [0.1, 0.15) is 5.75 Å². The molecule has 1 amide bonds. The summed E-state index contributed by atoms with van der Waals surface area (Å²) in [5.74, 6) is 0.0254. The molecule has 2 N–H and O–H groups in total. The fourth-order valence-electron chi connectivity index (χ4n) is 1.64. The molecule has 0 aliphatic rings. The zero-order valence-corrected chi connectivity index (χ0v) is 10.3. The molecule has 5 nitrogen and oxygen atoms in total. The minimum absolute atomic E-state index is 0.167. The number of carbonyl (C=O) groups is 1. The predicted octanol–water partition coefficient (Wildman–Crippen LogP) is 1.36. The van der Waals surface area contributed by atoms with Gasteiger partial charge in [0, 0.05) is 18.8 Å². The number of aromatic nitrogens is 2. The van der Waals surface area contributed by atoms with Gasteiger partial charge in [0.25, 0.3) is 5.91 Å². The Bertz CT molecular complexity index is 575. The third-order valence-electron chi connectivity index (χ3n) is 2.81. The van der Waals surface area contributed by atoms with Gasteiger partial charge in [-0.3, -0.25) is 9.48 Å². The Morgan fingerprint density at radius 3 is 2.83 bits per heavy atom. The molecule has 0 saturated heterocycles. The van der Waals surface area contributed by atoms with Gasteiger partial charge in [-0.15, -0.1) is 0 Å². The number of aromatic hydroxyl groups is 1. The SMILES string of the molecule is Cc1cc(C(=O)NCc2ccnn2C)ccc1O. The largest absolute Gasteiger partial charge is 0.508 e. The molecule has 0 saturated carbocycles. The van der Waals surface area contributed by atoms with Crippen molar-refractivity contribution in [2.75, 3.05) is 0 Å². The molecule has 1 aromatic carbocycles. The maximum atomic E-state index is 11.9. The topological polar surface area (TPSA) is 67.2 Å². The fourth-order valence-corrected chi connectivity index (χ4v) is 1.64. The molecule has 0 fully saturated rings. The number of phenolic OH excluding ortho intramolecular Hbond substituents is 1. The third-order valence-corrected chi connectivity index (χ3v) is 2.81. The molecule has 1 heterocycles. The molecule has 18 heavy (non-hydrogen) atoms. The van der Waals surface area contributed by atoms with E-state index in [-0.39, 0.29) is 11.7 Å². The van der Waals surface area contributed by atoms with Crippen LogP contribution in [0.2, 0.25) is 0 Å². The third kappa shape index (κ3) is 2.51. The van der Waals surface area contributed by atoms with E-state index in [1.54, 1.807) is 29.9 Å². The standard InChI is InChI=1S/C13H15N3O2/c1-9-7-10(3-4-12(9)17)13(18)14-8-11-5-6-15-16(11)2/h3-7,17H,8H2,1-2H3,(H,14,18). The lowest BCUT2D eigenvalue weighted by atomic mass is 10.1. The summed E-state index contributed by atoms with van der Waals surface area (Å²) >= 11 is 0. The average molecular weight is 245 g/mol. The van der Waals surface area contributed by atoms with Gasteiger partial charge < -0.3 is 10.4 Å². The smallest absolute Gasteiger partial charge is 0.251 e. The second-order valence-corrected chi connectivity index (χ2v) is 4.13. The summed E-state index contributed by atoms with van der Waals surface area (Å²) in [5, 5.41) is 16.2. The van der Waals surface area contributed by atoms with E-state index in [9.17, 15) is 9.90 Å². The normalized spacial score (nSPS) is 10.3. The van der Waals surface area contributed by atoms with Gasteiger partial charge in [0.05, 0.1) is 12.2 Å². The van der Waals surface area contributed by atoms with E-state index in [1.165, 1.54) is 6.07 Å². The molecule has 1 aromatic heterocycles. The van der Waals surface area contributed by atoms with Crippen molar-refractivity contribution in [1.82, 2.24) is 15.1 Å². The van der Waals surface area contributed by atoms with E-state index in [2.05, 4.69) is 10.4 Å². The summed E-state index contributed by atoms with van der Waals surface area (Å²) < 4.78 is 1.71. The molecule has 94 valence electrons. The number of nitrogens with zero attached hydrogens (tertiary/aromatic N) is 2. The van der Waals surface area contributed by atoms with E-state index >= 15 is 0 Å². The Kier molecular flexibility index (Phi) is 3.32. The van der Waals surface area contributed by atoms with Gasteiger partial charge in [-0.25, -0.2) is 0 Å². The first kappa shape index (κ1) is 12.2. The van der Waals surface area contributed by atoms with Gasteiger partial charge in [-0.1, -0.05) is 0 Å². The van der Waals surface area contributed by atoms with Gasteiger partial charge in [-0.05, 0) is 36.8 Å². The molecule has 2 rings (SSSR count). The highest BCUT2D eigenvalue weighted by Crippen LogP contribution is 2.16. The first-order valence-electron chi connectivity index (χ1n) is 5.62. The number of phenols is 1. The highest BCUT2D eigenvalue weighted by molar-refractivity contribution is 5.94. The van der Waals surface area contributed by atoms with Crippen molar-refractivity contribution in [2.45, 2.75) is 13.5 Å². The lowest BCUT2D eigenvalue weighted by Crippen LogP contribution is -2.24. The van der Waals surface area contributed by atoms with Crippen molar-refractivity contribution < 1.29 is 9.90 Å².